The number of rotatable bonds is 5. The zero-order valence-corrected chi connectivity index (χ0v) is 11.3. The highest BCUT2D eigenvalue weighted by molar-refractivity contribution is 5.91. The van der Waals surface area contributed by atoms with Crippen molar-refractivity contribution < 1.29 is 19.1 Å². The third-order valence-corrected chi connectivity index (χ3v) is 3.89. The minimum Gasteiger partial charge on any atom is -0.475 e. The van der Waals surface area contributed by atoms with Gasteiger partial charge in [0, 0.05) is 12.0 Å². The molecule has 1 fully saturated rings. The molecule has 2 aromatic rings. The minimum atomic E-state index is -1.04. The Hall–Kier alpha value is -1.81. The van der Waals surface area contributed by atoms with E-state index in [9.17, 15) is 4.79 Å². The Balaban J connectivity index is 1.64. The number of carbonyl (C=O) groups is 1. The maximum atomic E-state index is 10.9. The van der Waals surface area contributed by atoms with E-state index in [0.29, 0.717) is 18.1 Å². The summed E-state index contributed by atoms with van der Waals surface area (Å²) in [7, 11) is 0. The molecule has 1 aromatic carbocycles. The molecule has 0 spiro atoms. The molecule has 0 amide bonds. The summed E-state index contributed by atoms with van der Waals surface area (Å²) >= 11 is 0. The van der Waals surface area contributed by atoms with E-state index < -0.39 is 5.97 Å². The van der Waals surface area contributed by atoms with E-state index in [1.165, 1.54) is 25.7 Å². The van der Waals surface area contributed by atoms with Crippen LogP contribution in [0.3, 0.4) is 0 Å². The summed E-state index contributed by atoms with van der Waals surface area (Å²) in [6.45, 7) is 1.39. The molecule has 106 valence electrons. The van der Waals surface area contributed by atoms with Crippen LogP contribution in [0.5, 0.6) is 0 Å². The van der Waals surface area contributed by atoms with Crippen LogP contribution in [-0.2, 0) is 11.3 Å². The summed E-state index contributed by atoms with van der Waals surface area (Å²) in [6, 6.07) is 7.21. The molecular weight excluding hydrogens is 256 g/mol. The number of ether oxygens (including phenoxy) is 1. The Morgan fingerprint density at radius 2 is 2.10 bits per heavy atom. The monoisotopic (exact) mass is 274 g/mol. The van der Waals surface area contributed by atoms with Gasteiger partial charge in [-0.05, 0) is 42.5 Å². The molecule has 0 radical (unpaired) electrons. The van der Waals surface area contributed by atoms with Gasteiger partial charge in [0.1, 0.15) is 5.58 Å². The van der Waals surface area contributed by atoms with Crippen LogP contribution in [0.15, 0.2) is 28.7 Å². The van der Waals surface area contributed by atoms with E-state index in [1.807, 2.05) is 12.1 Å². The van der Waals surface area contributed by atoms with Crippen molar-refractivity contribution in [3.63, 3.8) is 0 Å². The van der Waals surface area contributed by atoms with Gasteiger partial charge < -0.3 is 14.3 Å². The van der Waals surface area contributed by atoms with Crippen LogP contribution in [0.2, 0.25) is 0 Å². The second-order valence-corrected chi connectivity index (χ2v) is 5.45. The topological polar surface area (TPSA) is 59.7 Å². The molecular formula is C16H18O4. The third-order valence-electron chi connectivity index (χ3n) is 3.89. The van der Waals surface area contributed by atoms with Crippen molar-refractivity contribution in [3.8, 4) is 0 Å². The largest absolute Gasteiger partial charge is 0.475 e. The van der Waals surface area contributed by atoms with Crippen LogP contribution in [0.4, 0.5) is 0 Å². The normalized spacial score (nSPS) is 16.0. The summed E-state index contributed by atoms with van der Waals surface area (Å²) in [5, 5.41) is 9.71. The number of aromatic carboxylic acids is 1. The van der Waals surface area contributed by atoms with E-state index in [4.69, 9.17) is 14.3 Å². The van der Waals surface area contributed by atoms with Crippen molar-refractivity contribution in [2.75, 3.05) is 6.61 Å². The van der Waals surface area contributed by atoms with Crippen molar-refractivity contribution in [3.05, 3.63) is 35.6 Å². The number of hydrogen-bond donors (Lipinski definition) is 1. The Bertz CT molecular complexity index is 608. The van der Waals surface area contributed by atoms with Gasteiger partial charge in [-0.2, -0.15) is 0 Å². The van der Waals surface area contributed by atoms with Crippen LogP contribution in [-0.4, -0.2) is 17.7 Å². The summed E-state index contributed by atoms with van der Waals surface area (Å²) in [5.74, 6) is -0.351. The summed E-state index contributed by atoms with van der Waals surface area (Å²) in [5.41, 5.74) is 1.65. The molecule has 1 saturated carbocycles. The van der Waals surface area contributed by atoms with Crippen molar-refractivity contribution >= 4 is 16.9 Å². The molecule has 0 unspecified atom stereocenters. The molecule has 3 rings (SSSR count). The summed E-state index contributed by atoms with van der Waals surface area (Å²) < 4.78 is 11.0. The third kappa shape index (κ3) is 2.85. The molecule has 1 aliphatic carbocycles. The standard InChI is InChI=1S/C16H18O4/c17-16(18)15-8-13-7-12(5-6-14(13)20-15)10-19-9-11-3-1-2-4-11/h5-8,11H,1-4,9-10H2,(H,17,18). The fourth-order valence-electron chi connectivity index (χ4n) is 2.81. The second-order valence-electron chi connectivity index (χ2n) is 5.45. The van der Waals surface area contributed by atoms with E-state index in [0.717, 1.165) is 17.6 Å². The Morgan fingerprint density at radius 3 is 2.85 bits per heavy atom. The van der Waals surface area contributed by atoms with E-state index in [-0.39, 0.29) is 5.76 Å². The Labute approximate surface area is 117 Å². The molecule has 1 aliphatic rings. The smallest absolute Gasteiger partial charge is 0.371 e. The fraction of sp³-hybridized carbons (Fsp3) is 0.438. The van der Waals surface area contributed by atoms with Gasteiger partial charge >= 0.3 is 5.97 Å². The highest BCUT2D eigenvalue weighted by atomic mass is 16.5. The molecule has 0 atom stereocenters. The number of carboxylic acid groups (broad SMARTS) is 1. The zero-order chi connectivity index (χ0) is 13.9. The SMILES string of the molecule is O=C(O)c1cc2cc(COCC3CCCC3)ccc2o1. The number of fused-ring (bicyclic) bond motifs is 1. The second kappa shape index (κ2) is 5.67. The minimum absolute atomic E-state index is 0.0241. The molecule has 1 aromatic heterocycles. The van der Waals surface area contributed by atoms with Crippen LogP contribution >= 0.6 is 0 Å². The van der Waals surface area contributed by atoms with Crippen molar-refractivity contribution in [1.29, 1.82) is 0 Å². The molecule has 1 N–H and O–H groups in total. The van der Waals surface area contributed by atoms with Crippen LogP contribution in [0.25, 0.3) is 11.0 Å². The highest BCUT2D eigenvalue weighted by Gasteiger charge is 2.15. The van der Waals surface area contributed by atoms with Gasteiger partial charge in [-0.3, -0.25) is 0 Å². The number of carboxylic acids is 1. The highest BCUT2D eigenvalue weighted by Crippen LogP contribution is 2.25. The molecule has 1 heterocycles. The van der Waals surface area contributed by atoms with Crippen molar-refractivity contribution in [2.45, 2.75) is 32.3 Å². The summed E-state index contributed by atoms with van der Waals surface area (Å²) in [4.78, 5) is 10.9. The lowest BCUT2D eigenvalue weighted by Crippen LogP contribution is -2.05. The number of benzene rings is 1. The Kier molecular flexibility index (Phi) is 3.74. The number of hydrogen-bond acceptors (Lipinski definition) is 3. The maximum absolute atomic E-state index is 10.9. The van der Waals surface area contributed by atoms with Crippen LogP contribution < -0.4 is 0 Å². The first-order valence-corrected chi connectivity index (χ1v) is 7.06. The molecule has 0 aliphatic heterocycles. The van der Waals surface area contributed by atoms with Crippen molar-refractivity contribution in [2.24, 2.45) is 5.92 Å². The lowest BCUT2D eigenvalue weighted by molar-refractivity contribution is 0.0665. The van der Waals surface area contributed by atoms with Gasteiger partial charge in [-0.25, -0.2) is 4.79 Å². The first kappa shape index (κ1) is 13.2. The van der Waals surface area contributed by atoms with Gasteiger partial charge in [0.15, 0.2) is 0 Å². The fourth-order valence-corrected chi connectivity index (χ4v) is 2.81. The molecule has 0 bridgehead atoms. The number of furan rings is 1. The average Bonchev–Trinajstić information content (AvgIpc) is 3.06. The van der Waals surface area contributed by atoms with Gasteiger partial charge in [0.05, 0.1) is 6.61 Å². The predicted octanol–water partition coefficient (Wildman–Crippen LogP) is 3.84. The molecule has 20 heavy (non-hydrogen) atoms. The van der Waals surface area contributed by atoms with E-state index >= 15 is 0 Å². The lowest BCUT2D eigenvalue weighted by atomic mass is 10.1. The zero-order valence-electron chi connectivity index (χ0n) is 11.3. The molecule has 0 saturated heterocycles. The van der Waals surface area contributed by atoms with E-state index in [2.05, 4.69) is 0 Å². The van der Waals surface area contributed by atoms with Crippen molar-refractivity contribution in [1.82, 2.24) is 0 Å². The predicted molar refractivity (Wildman–Crippen MR) is 74.8 cm³/mol. The molecule has 4 nitrogen and oxygen atoms in total. The van der Waals surface area contributed by atoms with Gasteiger partial charge in [0.25, 0.3) is 0 Å². The Morgan fingerprint density at radius 1 is 1.30 bits per heavy atom. The quantitative estimate of drug-likeness (QED) is 0.900. The molecule has 4 heteroatoms. The lowest BCUT2D eigenvalue weighted by Gasteiger charge is -2.09. The van der Waals surface area contributed by atoms with Gasteiger partial charge in [0.2, 0.25) is 5.76 Å². The van der Waals surface area contributed by atoms with E-state index in [1.54, 1.807) is 12.1 Å². The first-order valence-electron chi connectivity index (χ1n) is 7.06. The van der Waals surface area contributed by atoms with Gasteiger partial charge in [-0.15, -0.1) is 0 Å². The average molecular weight is 274 g/mol. The van der Waals surface area contributed by atoms with Crippen LogP contribution in [0, 0.1) is 5.92 Å². The van der Waals surface area contributed by atoms with Gasteiger partial charge in [-0.1, -0.05) is 18.9 Å². The first-order chi connectivity index (χ1) is 9.72. The summed E-state index contributed by atoms with van der Waals surface area (Å²) in [6.07, 6.45) is 5.21. The van der Waals surface area contributed by atoms with Crippen LogP contribution in [0.1, 0.15) is 41.8 Å². The maximum Gasteiger partial charge on any atom is 0.371 e.